The second-order valence-corrected chi connectivity index (χ2v) is 6.70. The van der Waals surface area contributed by atoms with Crippen LogP contribution in [-0.4, -0.2) is 19.5 Å². The Morgan fingerprint density at radius 2 is 1.44 bits per heavy atom. The number of pyridine rings is 2. The van der Waals surface area contributed by atoms with Gasteiger partial charge in [-0.25, -0.2) is 4.98 Å². The zero-order valence-electron chi connectivity index (χ0n) is 14.8. The maximum absolute atomic E-state index is 4.72. The molecule has 4 aromatic rings. The van der Waals surface area contributed by atoms with Gasteiger partial charge in [0.15, 0.2) is 0 Å². The highest BCUT2D eigenvalue weighted by Crippen LogP contribution is 2.32. The largest absolute Gasteiger partial charge is 0.330 e. The van der Waals surface area contributed by atoms with Crippen molar-refractivity contribution in [3.8, 4) is 0 Å². The van der Waals surface area contributed by atoms with Crippen LogP contribution < -0.4 is 0 Å². The molecule has 25 heavy (non-hydrogen) atoms. The van der Waals surface area contributed by atoms with Gasteiger partial charge in [0.25, 0.3) is 0 Å². The fourth-order valence-electron chi connectivity index (χ4n) is 3.66. The Hall–Kier alpha value is -2.49. The SMILES string of the molecule is CCCCCCCCn1cnc2c3cccnc3c3ncccc3c21. The predicted octanol–water partition coefficient (Wildman–Crippen LogP) is 5.49. The first-order chi connectivity index (χ1) is 12.4. The van der Waals surface area contributed by atoms with Crippen LogP contribution in [0, 0.1) is 0 Å². The quantitative estimate of drug-likeness (QED) is 0.332. The van der Waals surface area contributed by atoms with Crippen LogP contribution >= 0.6 is 0 Å². The van der Waals surface area contributed by atoms with Crippen LogP contribution in [-0.2, 0) is 6.54 Å². The molecule has 0 bridgehead atoms. The molecule has 0 saturated heterocycles. The standard InChI is InChI=1S/C21H24N4/c1-2-3-4-5-6-7-14-25-15-24-20-16-10-8-12-22-18(16)19-17(21(20)25)11-9-13-23-19/h8-13,15H,2-7,14H2,1H3. The molecule has 3 heterocycles. The van der Waals surface area contributed by atoms with Crippen molar-refractivity contribution in [1.82, 2.24) is 19.5 Å². The maximum atomic E-state index is 4.72. The van der Waals surface area contributed by atoms with Crippen molar-refractivity contribution in [2.45, 2.75) is 52.0 Å². The normalized spacial score (nSPS) is 11.7. The number of nitrogens with zero attached hydrogens (tertiary/aromatic N) is 4. The van der Waals surface area contributed by atoms with E-state index < -0.39 is 0 Å². The van der Waals surface area contributed by atoms with Gasteiger partial charge in [0.2, 0.25) is 0 Å². The van der Waals surface area contributed by atoms with E-state index in [1.807, 2.05) is 30.9 Å². The van der Waals surface area contributed by atoms with Crippen molar-refractivity contribution in [3.05, 3.63) is 43.0 Å². The van der Waals surface area contributed by atoms with E-state index in [2.05, 4.69) is 33.6 Å². The molecule has 4 heteroatoms. The molecule has 0 radical (unpaired) electrons. The van der Waals surface area contributed by atoms with E-state index >= 15 is 0 Å². The van der Waals surface area contributed by atoms with Crippen molar-refractivity contribution in [2.24, 2.45) is 0 Å². The van der Waals surface area contributed by atoms with Gasteiger partial charge in [0.05, 0.1) is 28.4 Å². The van der Waals surface area contributed by atoms with E-state index in [0.717, 1.165) is 33.9 Å². The van der Waals surface area contributed by atoms with Crippen molar-refractivity contribution in [3.63, 3.8) is 0 Å². The molecule has 0 unspecified atom stereocenters. The number of rotatable bonds is 7. The molecule has 0 N–H and O–H groups in total. The van der Waals surface area contributed by atoms with E-state index in [9.17, 15) is 0 Å². The molecule has 0 aliphatic carbocycles. The van der Waals surface area contributed by atoms with Crippen LogP contribution in [0.5, 0.6) is 0 Å². The predicted molar refractivity (Wildman–Crippen MR) is 104 cm³/mol. The zero-order valence-corrected chi connectivity index (χ0v) is 14.8. The molecule has 0 aliphatic heterocycles. The fraction of sp³-hybridized carbons (Fsp3) is 0.381. The number of imidazole rings is 1. The lowest BCUT2D eigenvalue weighted by atomic mass is 10.1. The lowest BCUT2D eigenvalue weighted by Gasteiger charge is -2.09. The molecular formula is C21H24N4. The molecule has 0 spiro atoms. The van der Waals surface area contributed by atoms with Gasteiger partial charge < -0.3 is 4.57 Å². The van der Waals surface area contributed by atoms with Gasteiger partial charge >= 0.3 is 0 Å². The molecule has 0 aliphatic rings. The monoisotopic (exact) mass is 332 g/mol. The zero-order chi connectivity index (χ0) is 17.1. The van der Waals surface area contributed by atoms with Gasteiger partial charge in [-0.1, -0.05) is 39.0 Å². The first kappa shape index (κ1) is 16.0. The van der Waals surface area contributed by atoms with Crippen LogP contribution in [0.3, 0.4) is 0 Å². The Morgan fingerprint density at radius 1 is 0.760 bits per heavy atom. The summed E-state index contributed by atoms with van der Waals surface area (Å²) in [4.78, 5) is 13.9. The second kappa shape index (κ2) is 7.18. The minimum atomic E-state index is 0.940. The number of fused-ring (bicyclic) bond motifs is 6. The van der Waals surface area contributed by atoms with Crippen LogP contribution in [0.4, 0.5) is 0 Å². The fourth-order valence-corrected chi connectivity index (χ4v) is 3.66. The third kappa shape index (κ3) is 2.97. The molecule has 128 valence electrons. The highest BCUT2D eigenvalue weighted by molar-refractivity contribution is 6.20. The summed E-state index contributed by atoms with van der Waals surface area (Å²) in [5.41, 5.74) is 4.14. The van der Waals surface area contributed by atoms with Crippen molar-refractivity contribution < 1.29 is 0 Å². The third-order valence-corrected chi connectivity index (χ3v) is 4.94. The molecule has 4 rings (SSSR count). The van der Waals surface area contributed by atoms with Gasteiger partial charge in [-0.2, -0.15) is 0 Å². The average Bonchev–Trinajstić information content (AvgIpc) is 3.09. The molecule has 4 nitrogen and oxygen atoms in total. The molecular weight excluding hydrogens is 308 g/mol. The molecule has 0 atom stereocenters. The summed E-state index contributed by atoms with van der Waals surface area (Å²) in [6.45, 7) is 3.27. The van der Waals surface area contributed by atoms with Gasteiger partial charge in [-0.05, 0) is 30.7 Å². The van der Waals surface area contributed by atoms with Crippen LogP contribution in [0.2, 0.25) is 0 Å². The number of hydrogen-bond acceptors (Lipinski definition) is 3. The summed E-state index contributed by atoms with van der Waals surface area (Å²) < 4.78 is 2.30. The lowest BCUT2D eigenvalue weighted by molar-refractivity contribution is 0.564. The van der Waals surface area contributed by atoms with Gasteiger partial charge in [-0.3, -0.25) is 9.97 Å². The first-order valence-corrected chi connectivity index (χ1v) is 9.36. The van der Waals surface area contributed by atoms with Crippen molar-refractivity contribution in [2.75, 3.05) is 0 Å². The lowest BCUT2D eigenvalue weighted by Crippen LogP contribution is -1.97. The number of hydrogen-bond donors (Lipinski definition) is 0. The highest BCUT2D eigenvalue weighted by atomic mass is 15.0. The summed E-state index contributed by atoms with van der Waals surface area (Å²) in [6.07, 6.45) is 13.5. The Bertz CT molecular complexity index is 1000. The van der Waals surface area contributed by atoms with Gasteiger partial charge in [0, 0.05) is 29.7 Å². The van der Waals surface area contributed by atoms with Gasteiger partial charge in [-0.15, -0.1) is 0 Å². The highest BCUT2D eigenvalue weighted by Gasteiger charge is 2.14. The van der Waals surface area contributed by atoms with E-state index in [4.69, 9.17) is 4.98 Å². The minimum Gasteiger partial charge on any atom is -0.330 e. The molecule has 0 fully saturated rings. The molecule has 0 amide bonds. The first-order valence-electron chi connectivity index (χ1n) is 9.36. The summed E-state index contributed by atoms with van der Waals surface area (Å²) >= 11 is 0. The molecule has 1 aromatic carbocycles. The van der Waals surface area contributed by atoms with Crippen molar-refractivity contribution in [1.29, 1.82) is 0 Å². The average molecular weight is 332 g/mol. The van der Waals surface area contributed by atoms with Gasteiger partial charge in [0.1, 0.15) is 0 Å². The smallest absolute Gasteiger partial charge is 0.0987 e. The Labute approximate surface area is 147 Å². The van der Waals surface area contributed by atoms with E-state index in [0.29, 0.717) is 0 Å². The summed E-state index contributed by atoms with van der Waals surface area (Å²) in [5, 5.41) is 2.23. The number of aromatic nitrogens is 4. The molecule has 3 aromatic heterocycles. The number of aryl methyl sites for hydroxylation is 1. The summed E-state index contributed by atoms with van der Waals surface area (Å²) in [5.74, 6) is 0. The van der Waals surface area contributed by atoms with Crippen LogP contribution in [0.1, 0.15) is 45.4 Å². The topological polar surface area (TPSA) is 43.6 Å². The molecule has 0 saturated carbocycles. The maximum Gasteiger partial charge on any atom is 0.0987 e. The van der Waals surface area contributed by atoms with Crippen LogP contribution in [0.25, 0.3) is 32.8 Å². The number of benzene rings is 1. The van der Waals surface area contributed by atoms with Crippen LogP contribution in [0.15, 0.2) is 43.0 Å². The summed E-state index contributed by atoms with van der Waals surface area (Å²) in [6, 6.07) is 8.21. The van der Waals surface area contributed by atoms with E-state index in [-0.39, 0.29) is 0 Å². The van der Waals surface area contributed by atoms with E-state index in [1.54, 1.807) is 0 Å². The summed E-state index contributed by atoms with van der Waals surface area (Å²) in [7, 11) is 0. The Morgan fingerprint density at radius 3 is 2.24 bits per heavy atom. The third-order valence-electron chi connectivity index (χ3n) is 4.94. The Balaban J connectivity index is 1.72. The second-order valence-electron chi connectivity index (χ2n) is 6.70. The van der Waals surface area contributed by atoms with E-state index in [1.165, 1.54) is 44.0 Å². The van der Waals surface area contributed by atoms with Crippen molar-refractivity contribution >= 4 is 32.8 Å². The minimum absolute atomic E-state index is 0.940. The number of unbranched alkanes of at least 4 members (excludes halogenated alkanes) is 5. The Kier molecular flexibility index (Phi) is 4.59.